The van der Waals surface area contributed by atoms with Crippen LogP contribution in [0.3, 0.4) is 0 Å². The summed E-state index contributed by atoms with van der Waals surface area (Å²) < 4.78 is 64.2. The molecular weight excluding hydrogens is 333 g/mol. The molecule has 0 bridgehead atoms. The topological polar surface area (TPSA) is 36.4 Å². The summed E-state index contributed by atoms with van der Waals surface area (Å²) in [5, 5.41) is 0. The lowest BCUT2D eigenvalue weighted by Gasteiger charge is -2.42. The number of halogens is 5. The molecule has 0 spiro atoms. The maximum Gasteiger partial charge on any atom is 0.433 e. The molecule has 0 aromatic carbocycles. The van der Waals surface area contributed by atoms with Gasteiger partial charge in [0, 0.05) is 39.0 Å². The molecule has 2 fully saturated rings. The third-order valence-electron chi connectivity index (χ3n) is 4.39. The van der Waals surface area contributed by atoms with Crippen LogP contribution in [0.1, 0.15) is 18.5 Å². The van der Waals surface area contributed by atoms with Crippen molar-refractivity contribution in [3.05, 3.63) is 23.9 Å². The largest absolute Gasteiger partial charge is 0.433 e. The Kier molecular flexibility index (Phi) is 4.13. The fourth-order valence-electron chi connectivity index (χ4n) is 2.89. The minimum absolute atomic E-state index is 0.0180. The number of hydrogen-bond acceptors (Lipinski definition) is 3. The summed E-state index contributed by atoms with van der Waals surface area (Å²) in [5.74, 6) is -3.15. The molecule has 24 heavy (non-hydrogen) atoms. The Morgan fingerprint density at radius 2 is 1.79 bits per heavy atom. The molecule has 0 saturated carbocycles. The summed E-state index contributed by atoms with van der Waals surface area (Å²) in [6, 6.07) is 3.62. The van der Waals surface area contributed by atoms with E-state index in [4.69, 9.17) is 0 Å². The lowest BCUT2D eigenvalue weighted by Crippen LogP contribution is -2.56. The van der Waals surface area contributed by atoms with E-state index in [2.05, 4.69) is 4.98 Å². The lowest BCUT2D eigenvalue weighted by atomic mass is 9.96. The normalized spacial score (nSPS) is 21.5. The van der Waals surface area contributed by atoms with Gasteiger partial charge >= 0.3 is 6.18 Å². The number of nitrogens with zero attached hydrogens (tertiary/aromatic N) is 3. The second-order valence-corrected chi connectivity index (χ2v) is 6.16. The molecule has 0 aliphatic carbocycles. The number of hydrogen-bond donors (Lipinski definition) is 0. The molecule has 0 N–H and O–H groups in total. The summed E-state index contributed by atoms with van der Waals surface area (Å²) in [5.41, 5.74) is -0.979. The van der Waals surface area contributed by atoms with Gasteiger partial charge in [-0.15, -0.1) is 0 Å². The lowest BCUT2D eigenvalue weighted by molar-refractivity contribution is -0.143. The number of carbonyl (C=O) groups excluding carboxylic acids is 1. The molecule has 1 aromatic rings. The highest BCUT2D eigenvalue weighted by atomic mass is 19.4. The van der Waals surface area contributed by atoms with E-state index in [1.807, 2.05) is 0 Å². The Bertz CT molecular complexity index is 618. The second kappa shape index (κ2) is 5.86. The number of pyridine rings is 1. The predicted octanol–water partition coefficient (Wildman–Crippen LogP) is 2.79. The highest BCUT2D eigenvalue weighted by molar-refractivity contribution is 5.82. The second-order valence-electron chi connectivity index (χ2n) is 6.16. The number of likely N-dealkylation sites (tertiary alicyclic amines) is 1. The van der Waals surface area contributed by atoms with Gasteiger partial charge in [-0.3, -0.25) is 4.79 Å². The number of aromatic nitrogens is 1. The van der Waals surface area contributed by atoms with Crippen molar-refractivity contribution in [2.24, 2.45) is 5.92 Å². The van der Waals surface area contributed by atoms with Gasteiger partial charge in [0.2, 0.25) is 5.91 Å². The Labute approximate surface area is 135 Å². The standard InChI is InChI=1S/C15H16F5N3O/c16-14(17)4-6-22(7-5-14)13(24)10-8-23(9-10)12-3-1-2-11(21-12)15(18,19)20/h1-3,10H,4-9H2. The van der Waals surface area contributed by atoms with Crippen LogP contribution in [-0.4, -0.2) is 47.9 Å². The Morgan fingerprint density at radius 3 is 2.38 bits per heavy atom. The van der Waals surface area contributed by atoms with Crippen molar-refractivity contribution < 1.29 is 26.7 Å². The summed E-state index contributed by atoms with van der Waals surface area (Å²) in [7, 11) is 0. The van der Waals surface area contributed by atoms with Crippen LogP contribution in [0.2, 0.25) is 0 Å². The maximum absolute atomic E-state index is 13.1. The summed E-state index contributed by atoms with van der Waals surface area (Å²) >= 11 is 0. The van der Waals surface area contributed by atoms with Gasteiger partial charge in [-0.1, -0.05) is 6.07 Å². The number of alkyl halides is 5. The molecule has 3 rings (SSSR count). The molecule has 4 nitrogen and oxygen atoms in total. The van der Waals surface area contributed by atoms with Gasteiger partial charge in [0.15, 0.2) is 0 Å². The van der Waals surface area contributed by atoms with Gasteiger partial charge in [-0.25, -0.2) is 13.8 Å². The number of amides is 1. The van der Waals surface area contributed by atoms with Crippen LogP contribution in [0.4, 0.5) is 27.8 Å². The molecule has 2 aliphatic heterocycles. The van der Waals surface area contributed by atoms with Crippen molar-refractivity contribution in [2.45, 2.75) is 24.9 Å². The first-order valence-electron chi connectivity index (χ1n) is 7.61. The Hall–Kier alpha value is -1.93. The van der Waals surface area contributed by atoms with Crippen molar-refractivity contribution in [1.29, 1.82) is 0 Å². The zero-order valence-corrected chi connectivity index (χ0v) is 12.7. The smallest absolute Gasteiger partial charge is 0.355 e. The minimum atomic E-state index is -4.52. The molecule has 2 saturated heterocycles. The van der Waals surface area contributed by atoms with E-state index in [9.17, 15) is 26.7 Å². The molecular formula is C15H16F5N3O. The van der Waals surface area contributed by atoms with Gasteiger partial charge in [-0.05, 0) is 12.1 Å². The van der Waals surface area contributed by atoms with Gasteiger partial charge in [0.1, 0.15) is 11.5 Å². The van der Waals surface area contributed by atoms with Gasteiger partial charge in [0.25, 0.3) is 5.92 Å². The van der Waals surface area contributed by atoms with Crippen LogP contribution < -0.4 is 4.90 Å². The number of piperidine rings is 1. The first kappa shape index (κ1) is 16.9. The molecule has 0 unspecified atom stereocenters. The van der Waals surface area contributed by atoms with Gasteiger partial charge in [-0.2, -0.15) is 13.2 Å². The van der Waals surface area contributed by atoms with E-state index >= 15 is 0 Å². The monoisotopic (exact) mass is 349 g/mol. The highest BCUT2D eigenvalue weighted by Gasteiger charge is 2.41. The number of rotatable bonds is 2. The van der Waals surface area contributed by atoms with Crippen molar-refractivity contribution in [1.82, 2.24) is 9.88 Å². The van der Waals surface area contributed by atoms with E-state index in [0.29, 0.717) is 0 Å². The zero-order chi connectivity index (χ0) is 17.5. The molecule has 1 aromatic heterocycles. The average molecular weight is 349 g/mol. The zero-order valence-electron chi connectivity index (χ0n) is 12.7. The van der Waals surface area contributed by atoms with E-state index in [0.717, 1.165) is 6.07 Å². The van der Waals surface area contributed by atoms with E-state index in [1.54, 1.807) is 4.90 Å². The van der Waals surface area contributed by atoms with Crippen LogP contribution in [0, 0.1) is 5.92 Å². The Morgan fingerprint density at radius 1 is 1.17 bits per heavy atom. The van der Waals surface area contributed by atoms with Crippen LogP contribution >= 0.6 is 0 Å². The first-order chi connectivity index (χ1) is 11.2. The number of carbonyl (C=O) groups is 1. The molecule has 0 radical (unpaired) electrons. The SMILES string of the molecule is O=C(C1CN(c2cccc(C(F)(F)F)n2)C1)N1CCC(F)(F)CC1. The van der Waals surface area contributed by atoms with Crippen molar-refractivity contribution >= 4 is 11.7 Å². The van der Waals surface area contributed by atoms with Crippen LogP contribution in [-0.2, 0) is 11.0 Å². The quantitative estimate of drug-likeness (QED) is 0.771. The first-order valence-corrected chi connectivity index (χ1v) is 7.61. The molecule has 2 aliphatic rings. The third-order valence-corrected chi connectivity index (χ3v) is 4.39. The summed E-state index contributed by atoms with van der Waals surface area (Å²) in [6.45, 7) is 0.536. The summed E-state index contributed by atoms with van der Waals surface area (Å²) in [6.07, 6.45) is -5.20. The van der Waals surface area contributed by atoms with E-state index in [1.165, 1.54) is 17.0 Å². The van der Waals surface area contributed by atoms with Gasteiger partial charge < -0.3 is 9.80 Å². The molecule has 0 atom stereocenters. The van der Waals surface area contributed by atoms with E-state index in [-0.39, 0.29) is 56.7 Å². The molecule has 1 amide bonds. The van der Waals surface area contributed by atoms with Crippen molar-refractivity contribution in [2.75, 3.05) is 31.1 Å². The third kappa shape index (κ3) is 3.44. The summed E-state index contributed by atoms with van der Waals surface area (Å²) in [4.78, 5) is 18.8. The minimum Gasteiger partial charge on any atom is -0.355 e. The molecule has 132 valence electrons. The van der Waals surface area contributed by atoms with Crippen molar-refractivity contribution in [3.8, 4) is 0 Å². The van der Waals surface area contributed by atoms with Gasteiger partial charge in [0.05, 0.1) is 5.92 Å². The van der Waals surface area contributed by atoms with E-state index < -0.39 is 17.8 Å². The fourth-order valence-corrected chi connectivity index (χ4v) is 2.89. The maximum atomic E-state index is 13.1. The Balaban J connectivity index is 1.57. The highest BCUT2D eigenvalue weighted by Crippen LogP contribution is 2.32. The van der Waals surface area contributed by atoms with Crippen LogP contribution in [0.15, 0.2) is 18.2 Å². The molecule has 9 heteroatoms. The molecule has 3 heterocycles. The van der Waals surface area contributed by atoms with Crippen molar-refractivity contribution in [3.63, 3.8) is 0 Å². The fraction of sp³-hybridized carbons (Fsp3) is 0.600. The predicted molar refractivity (Wildman–Crippen MR) is 75.7 cm³/mol. The average Bonchev–Trinajstić information content (AvgIpc) is 2.45. The number of anilines is 1. The van der Waals surface area contributed by atoms with Crippen LogP contribution in [0.5, 0.6) is 0 Å². The van der Waals surface area contributed by atoms with Crippen LogP contribution in [0.25, 0.3) is 0 Å².